The lowest BCUT2D eigenvalue weighted by molar-refractivity contribution is 0.204. The molecule has 18 heavy (non-hydrogen) atoms. The summed E-state index contributed by atoms with van der Waals surface area (Å²) in [5, 5.41) is 20.5. The minimum absolute atomic E-state index is 0.157. The second-order valence-corrected chi connectivity index (χ2v) is 4.42. The van der Waals surface area contributed by atoms with Crippen molar-refractivity contribution >= 4 is 11.6 Å². The standard InChI is InChI=1S/C13H12ClNO3/c1-15-7-6-10(16)13(18)11(15)12(17)8-2-4-9(14)5-3-8/h2-7,12,17-18H,1H3. The molecule has 0 aliphatic heterocycles. The topological polar surface area (TPSA) is 62.5 Å². The van der Waals surface area contributed by atoms with Crippen molar-refractivity contribution in [3.63, 3.8) is 0 Å². The first-order chi connectivity index (χ1) is 8.50. The summed E-state index contributed by atoms with van der Waals surface area (Å²) in [6.07, 6.45) is 0.414. The van der Waals surface area contributed by atoms with Gasteiger partial charge in [-0.2, -0.15) is 0 Å². The zero-order valence-electron chi connectivity index (χ0n) is 9.67. The number of rotatable bonds is 2. The molecule has 0 radical (unpaired) electrons. The largest absolute Gasteiger partial charge is 0.503 e. The highest BCUT2D eigenvalue weighted by molar-refractivity contribution is 6.30. The molecule has 0 saturated carbocycles. The number of halogens is 1. The number of aromatic nitrogens is 1. The average Bonchev–Trinajstić information content (AvgIpc) is 2.35. The summed E-state index contributed by atoms with van der Waals surface area (Å²) in [6.45, 7) is 0. The van der Waals surface area contributed by atoms with Crippen molar-refractivity contribution in [2.45, 2.75) is 6.10 Å². The van der Waals surface area contributed by atoms with Gasteiger partial charge in [-0.3, -0.25) is 4.79 Å². The SMILES string of the molecule is Cn1ccc(=O)c(O)c1C(O)c1ccc(Cl)cc1. The van der Waals surface area contributed by atoms with Gasteiger partial charge in [-0.25, -0.2) is 0 Å². The predicted molar refractivity (Wildman–Crippen MR) is 68.9 cm³/mol. The number of aryl methyl sites for hydroxylation is 1. The van der Waals surface area contributed by atoms with E-state index in [2.05, 4.69) is 0 Å². The van der Waals surface area contributed by atoms with Gasteiger partial charge in [0.15, 0.2) is 5.75 Å². The van der Waals surface area contributed by atoms with Crippen LogP contribution >= 0.6 is 11.6 Å². The molecule has 0 saturated heterocycles. The third-order valence-electron chi connectivity index (χ3n) is 2.75. The maximum Gasteiger partial charge on any atom is 0.223 e. The summed E-state index contributed by atoms with van der Waals surface area (Å²) in [4.78, 5) is 11.4. The van der Waals surface area contributed by atoms with Gasteiger partial charge in [-0.05, 0) is 17.7 Å². The Labute approximate surface area is 109 Å². The van der Waals surface area contributed by atoms with E-state index in [0.29, 0.717) is 10.6 Å². The summed E-state index contributed by atoms with van der Waals surface area (Å²) >= 11 is 5.76. The fourth-order valence-electron chi connectivity index (χ4n) is 1.76. The molecule has 4 nitrogen and oxygen atoms in total. The van der Waals surface area contributed by atoms with Crippen molar-refractivity contribution in [2.24, 2.45) is 7.05 Å². The lowest BCUT2D eigenvalue weighted by Crippen LogP contribution is -2.14. The van der Waals surface area contributed by atoms with Gasteiger partial charge in [0.25, 0.3) is 0 Å². The van der Waals surface area contributed by atoms with Crippen molar-refractivity contribution in [2.75, 3.05) is 0 Å². The van der Waals surface area contributed by atoms with E-state index in [1.807, 2.05) is 0 Å². The Kier molecular flexibility index (Phi) is 3.41. The van der Waals surface area contributed by atoms with Gasteiger partial charge < -0.3 is 14.8 Å². The molecular formula is C13H12ClNO3. The number of aliphatic hydroxyl groups is 1. The number of hydrogen-bond donors (Lipinski definition) is 2. The first kappa shape index (κ1) is 12.7. The maximum absolute atomic E-state index is 11.4. The summed E-state index contributed by atoms with van der Waals surface area (Å²) < 4.78 is 1.51. The van der Waals surface area contributed by atoms with Crippen molar-refractivity contribution in [3.8, 4) is 5.75 Å². The zero-order chi connectivity index (χ0) is 13.3. The van der Waals surface area contributed by atoms with Crippen LogP contribution in [0, 0.1) is 0 Å². The number of aliphatic hydroxyl groups excluding tert-OH is 1. The molecule has 1 aromatic carbocycles. The highest BCUT2D eigenvalue weighted by Crippen LogP contribution is 2.27. The first-order valence-electron chi connectivity index (χ1n) is 5.32. The van der Waals surface area contributed by atoms with E-state index in [1.165, 1.54) is 16.8 Å². The van der Waals surface area contributed by atoms with Crippen molar-refractivity contribution < 1.29 is 10.2 Å². The monoisotopic (exact) mass is 265 g/mol. The first-order valence-corrected chi connectivity index (χ1v) is 5.70. The predicted octanol–water partition coefficient (Wildman–Crippen LogP) is 1.83. The van der Waals surface area contributed by atoms with Gasteiger partial charge >= 0.3 is 0 Å². The van der Waals surface area contributed by atoms with E-state index in [-0.39, 0.29) is 5.69 Å². The van der Waals surface area contributed by atoms with E-state index in [9.17, 15) is 15.0 Å². The molecule has 0 spiro atoms. The number of benzene rings is 1. The van der Waals surface area contributed by atoms with Gasteiger partial charge in [0.05, 0.1) is 5.69 Å². The zero-order valence-corrected chi connectivity index (χ0v) is 10.4. The number of nitrogens with zero attached hydrogens (tertiary/aromatic N) is 1. The third kappa shape index (κ3) is 2.25. The summed E-state index contributed by atoms with van der Waals surface area (Å²) in [5.74, 6) is -0.442. The van der Waals surface area contributed by atoms with Crippen LogP contribution in [0.5, 0.6) is 5.75 Å². The Bertz CT molecular complexity index is 619. The Morgan fingerprint density at radius 2 is 1.83 bits per heavy atom. The second-order valence-electron chi connectivity index (χ2n) is 3.98. The van der Waals surface area contributed by atoms with E-state index in [4.69, 9.17) is 11.6 Å². The van der Waals surface area contributed by atoms with E-state index < -0.39 is 17.3 Å². The summed E-state index contributed by atoms with van der Waals surface area (Å²) in [6, 6.07) is 7.80. The van der Waals surface area contributed by atoms with Crippen LogP contribution in [0.1, 0.15) is 17.4 Å². The minimum Gasteiger partial charge on any atom is -0.503 e. The van der Waals surface area contributed by atoms with Crippen molar-refractivity contribution in [1.29, 1.82) is 0 Å². The fraction of sp³-hybridized carbons (Fsp3) is 0.154. The van der Waals surface area contributed by atoms with E-state index in [1.54, 1.807) is 31.3 Å². The molecule has 1 unspecified atom stereocenters. The lowest BCUT2D eigenvalue weighted by Gasteiger charge is -2.16. The number of aromatic hydroxyl groups is 1. The minimum atomic E-state index is -1.08. The van der Waals surface area contributed by atoms with Gasteiger partial charge in [0.1, 0.15) is 6.10 Å². The van der Waals surface area contributed by atoms with Crippen LogP contribution in [-0.2, 0) is 7.05 Å². The molecule has 1 atom stereocenters. The van der Waals surface area contributed by atoms with Crippen LogP contribution in [0.4, 0.5) is 0 Å². The van der Waals surface area contributed by atoms with E-state index >= 15 is 0 Å². The Balaban J connectivity index is 2.52. The van der Waals surface area contributed by atoms with Crippen LogP contribution in [0.3, 0.4) is 0 Å². The molecule has 94 valence electrons. The number of hydrogen-bond acceptors (Lipinski definition) is 3. The highest BCUT2D eigenvalue weighted by atomic mass is 35.5. The molecule has 0 amide bonds. The van der Waals surface area contributed by atoms with Gasteiger partial charge in [-0.15, -0.1) is 0 Å². The summed E-state index contributed by atoms with van der Waals surface area (Å²) in [7, 11) is 1.65. The molecule has 5 heteroatoms. The molecule has 0 aliphatic carbocycles. The molecular weight excluding hydrogens is 254 g/mol. The van der Waals surface area contributed by atoms with Gasteiger partial charge in [-0.1, -0.05) is 23.7 Å². The van der Waals surface area contributed by atoms with Crippen molar-refractivity contribution in [3.05, 3.63) is 63.0 Å². The molecule has 1 heterocycles. The second kappa shape index (κ2) is 4.84. The Morgan fingerprint density at radius 3 is 2.44 bits per heavy atom. The quantitative estimate of drug-likeness (QED) is 0.871. The molecule has 1 aromatic heterocycles. The molecule has 0 aliphatic rings. The van der Waals surface area contributed by atoms with Crippen LogP contribution in [0.15, 0.2) is 41.3 Å². The van der Waals surface area contributed by atoms with Crippen molar-refractivity contribution in [1.82, 2.24) is 4.57 Å². The highest BCUT2D eigenvalue weighted by Gasteiger charge is 2.18. The maximum atomic E-state index is 11.4. The van der Waals surface area contributed by atoms with E-state index in [0.717, 1.165) is 0 Å². The molecule has 0 fully saturated rings. The molecule has 2 N–H and O–H groups in total. The van der Waals surface area contributed by atoms with Gasteiger partial charge in [0.2, 0.25) is 5.43 Å². The van der Waals surface area contributed by atoms with Crippen LogP contribution in [-0.4, -0.2) is 14.8 Å². The Morgan fingerprint density at radius 1 is 1.22 bits per heavy atom. The molecule has 2 rings (SSSR count). The lowest BCUT2D eigenvalue weighted by atomic mass is 10.1. The number of pyridine rings is 1. The van der Waals surface area contributed by atoms with Crippen LogP contribution in [0.25, 0.3) is 0 Å². The normalized spacial score (nSPS) is 12.4. The van der Waals surface area contributed by atoms with Gasteiger partial charge in [0, 0.05) is 24.3 Å². The summed E-state index contributed by atoms with van der Waals surface area (Å²) in [5.41, 5.74) is 0.192. The van der Waals surface area contributed by atoms with Crippen LogP contribution in [0.2, 0.25) is 5.02 Å². The Hall–Kier alpha value is -1.78. The third-order valence-corrected chi connectivity index (χ3v) is 3.00. The van der Waals surface area contributed by atoms with Crippen LogP contribution < -0.4 is 5.43 Å². The molecule has 2 aromatic rings. The average molecular weight is 266 g/mol. The fourth-order valence-corrected chi connectivity index (χ4v) is 1.88. The molecule has 0 bridgehead atoms. The smallest absolute Gasteiger partial charge is 0.223 e.